The van der Waals surface area contributed by atoms with E-state index in [2.05, 4.69) is 15.4 Å². The zero-order chi connectivity index (χ0) is 20.8. The Bertz CT molecular complexity index is 1040. The summed E-state index contributed by atoms with van der Waals surface area (Å²) in [6.45, 7) is 7.55. The minimum atomic E-state index is -0.517. The van der Waals surface area contributed by atoms with Gasteiger partial charge in [0, 0.05) is 56.2 Å². The van der Waals surface area contributed by atoms with Crippen LogP contribution in [0.3, 0.4) is 0 Å². The number of alkyl carbamates (subject to hydrolysis) is 1. The molecule has 0 radical (unpaired) electrons. The van der Waals surface area contributed by atoms with Crippen molar-refractivity contribution in [2.75, 3.05) is 0 Å². The van der Waals surface area contributed by atoms with Gasteiger partial charge in [0.25, 0.3) is 0 Å². The molecular weight excluding hydrogens is 372 g/mol. The molecule has 1 saturated carbocycles. The van der Waals surface area contributed by atoms with Crippen molar-refractivity contribution in [2.45, 2.75) is 57.8 Å². The Hall–Kier alpha value is -3.10. The summed E-state index contributed by atoms with van der Waals surface area (Å²) in [7, 11) is 1.86. The highest BCUT2D eigenvalue weighted by atomic mass is 16.6. The molecule has 154 valence electrons. The third-order valence-corrected chi connectivity index (χ3v) is 4.77. The number of carbonyl (C=O) groups excluding carboxylic acids is 1. The number of hydrogen-bond acceptors (Lipinski definition) is 6. The standard InChI is InChI=1S/C20H26N6O3/c1-19(2,3)29-18(27)23-14-9-20(4,10-14)28-17-24-15(13-11-22-25(5)12-13)8-16-21-6-7-26(16)17/h6-8,11-12,14H,9-10H2,1-5H3,(H,23,27). The van der Waals surface area contributed by atoms with Gasteiger partial charge in [-0.05, 0) is 27.7 Å². The highest BCUT2D eigenvalue weighted by Crippen LogP contribution is 2.37. The first-order valence-electron chi connectivity index (χ1n) is 9.62. The normalized spacial score (nSPS) is 21.6. The molecule has 3 aromatic rings. The van der Waals surface area contributed by atoms with Gasteiger partial charge in [-0.25, -0.2) is 9.78 Å². The lowest BCUT2D eigenvalue weighted by molar-refractivity contribution is -0.0265. The second kappa shape index (κ2) is 6.75. The van der Waals surface area contributed by atoms with Crippen LogP contribution in [-0.4, -0.2) is 47.5 Å². The number of imidazole rings is 1. The summed E-state index contributed by atoms with van der Waals surface area (Å²) in [5, 5.41) is 7.11. The van der Waals surface area contributed by atoms with Crippen LogP contribution >= 0.6 is 0 Å². The number of nitrogens with one attached hydrogen (secondary N) is 1. The highest BCUT2D eigenvalue weighted by molar-refractivity contribution is 5.68. The fourth-order valence-electron chi connectivity index (χ4n) is 3.53. The molecule has 0 saturated heterocycles. The van der Waals surface area contributed by atoms with Crippen LogP contribution in [0.25, 0.3) is 16.9 Å². The van der Waals surface area contributed by atoms with Gasteiger partial charge in [-0.1, -0.05) is 0 Å². The summed E-state index contributed by atoms with van der Waals surface area (Å²) in [5.41, 5.74) is 1.44. The average Bonchev–Trinajstić information content (AvgIpc) is 3.20. The molecule has 0 spiro atoms. The van der Waals surface area contributed by atoms with Crippen LogP contribution in [0.1, 0.15) is 40.5 Å². The molecule has 9 nitrogen and oxygen atoms in total. The summed E-state index contributed by atoms with van der Waals surface area (Å²) < 4.78 is 15.2. The maximum absolute atomic E-state index is 12.0. The Morgan fingerprint density at radius 2 is 2.10 bits per heavy atom. The van der Waals surface area contributed by atoms with Gasteiger partial charge in [-0.3, -0.25) is 9.08 Å². The Kier molecular flexibility index (Phi) is 4.48. The molecular formula is C20H26N6O3. The monoisotopic (exact) mass is 398 g/mol. The summed E-state index contributed by atoms with van der Waals surface area (Å²) in [4.78, 5) is 21.0. The van der Waals surface area contributed by atoms with E-state index in [-0.39, 0.29) is 6.04 Å². The van der Waals surface area contributed by atoms with E-state index in [1.165, 1.54) is 0 Å². The number of hydrogen-bond donors (Lipinski definition) is 1. The van der Waals surface area contributed by atoms with Crippen molar-refractivity contribution in [1.82, 2.24) is 29.5 Å². The number of carbonyl (C=O) groups is 1. The molecule has 0 aliphatic heterocycles. The average molecular weight is 398 g/mol. The fourth-order valence-corrected chi connectivity index (χ4v) is 3.53. The van der Waals surface area contributed by atoms with E-state index in [9.17, 15) is 4.79 Å². The predicted octanol–water partition coefficient (Wildman–Crippen LogP) is 2.95. The van der Waals surface area contributed by atoms with E-state index >= 15 is 0 Å². The molecule has 4 rings (SSSR count). The van der Waals surface area contributed by atoms with Gasteiger partial charge < -0.3 is 14.8 Å². The number of amides is 1. The summed E-state index contributed by atoms with van der Waals surface area (Å²) >= 11 is 0. The lowest BCUT2D eigenvalue weighted by Crippen LogP contribution is -2.57. The Labute approximate surface area is 169 Å². The summed E-state index contributed by atoms with van der Waals surface area (Å²) in [5.74, 6) is 0. The van der Waals surface area contributed by atoms with E-state index in [0.717, 1.165) is 16.9 Å². The first kappa shape index (κ1) is 19.2. The predicted molar refractivity (Wildman–Crippen MR) is 107 cm³/mol. The molecule has 1 aliphatic rings. The van der Waals surface area contributed by atoms with Crippen molar-refractivity contribution >= 4 is 11.7 Å². The molecule has 1 aliphatic carbocycles. The summed E-state index contributed by atoms with van der Waals surface area (Å²) in [6.07, 6.45) is 8.13. The molecule has 29 heavy (non-hydrogen) atoms. The van der Waals surface area contributed by atoms with E-state index in [4.69, 9.17) is 14.5 Å². The van der Waals surface area contributed by atoms with Crippen LogP contribution in [-0.2, 0) is 11.8 Å². The Balaban J connectivity index is 1.48. The highest BCUT2D eigenvalue weighted by Gasteiger charge is 2.44. The molecule has 1 fully saturated rings. The number of fused-ring (bicyclic) bond motifs is 1. The lowest BCUT2D eigenvalue weighted by atomic mass is 9.77. The quantitative estimate of drug-likeness (QED) is 0.726. The molecule has 0 aromatic carbocycles. The van der Waals surface area contributed by atoms with E-state index < -0.39 is 17.3 Å². The summed E-state index contributed by atoms with van der Waals surface area (Å²) in [6, 6.07) is 2.38. The van der Waals surface area contributed by atoms with Crippen molar-refractivity contribution in [2.24, 2.45) is 7.05 Å². The maximum Gasteiger partial charge on any atom is 0.407 e. The van der Waals surface area contributed by atoms with Gasteiger partial charge in [-0.2, -0.15) is 10.1 Å². The molecule has 9 heteroatoms. The number of ether oxygens (including phenoxy) is 2. The Morgan fingerprint density at radius 3 is 2.76 bits per heavy atom. The second-order valence-corrected chi connectivity index (χ2v) is 8.79. The number of rotatable bonds is 4. The maximum atomic E-state index is 12.0. The molecule has 1 amide bonds. The van der Waals surface area contributed by atoms with Crippen LogP contribution in [0.2, 0.25) is 0 Å². The fraction of sp³-hybridized carbons (Fsp3) is 0.500. The van der Waals surface area contributed by atoms with Crippen molar-refractivity contribution in [1.29, 1.82) is 0 Å². The van der Waals surface area contributed by atoms with Gasteiger partial charge >= 0.3 is 12.1 Å². The molecule has 0 atom stereocenters. The van der Waals surface area contributed by atoms with Crippen LogP contribution in [0.4, 0.5) is 4.79 Å². The van der Waals surface area contributed by atoms with Crippen LogP contribution in [0.5, 0.6) is 6.01 Å². The minimum Gasteiger partial charge on any atom is -0.458 e. The first-order valence-corrected chi connectivity index (χ1v) is 9.62. The molecule has 0 unspecified atom stereocenters. The van der Waals surface area contributed by atoms with Crippen LogP contribution in [0.15, 0.2) is 30.9 Å². The van der Waals surface area contributed by atoms with Crippen LogP contribution < -0.4 is 10.1 Å². The zero-order valence-electron chi connectivity index (χ0n) is 17.3. The Morgan fingerprint density at radius 1 is 1.34 bits per heavy atom. The van der Waals surface area contributed by atoms with Crippen molar-refractivity contribution in [3.63, 3.8) is 0 Å². The second-order valence-electron chi connectivity index (χ2n) is 8.79. The van der Waals surface area contributed by atoms with Crippen molar-refractivity contribution in [3.8, 4) is 17.3 Å². The van der Waals surface area contributed by atoms with Gasteiger partial charge in [0.2, 0.25) is 0 Å². The zero-order valence-corrected chi connectivity index (χ0v) is 17.3. The lowest BCUT2D eigenvalue weighted by Gasteiger charge is -2.44. The van der Waals surface area contributed by atoms with Crippen molar-refractivity contribution in [3.05, 3.63) is 30.9 Å². The van der Waals surface area contributed by atoms with Crippen molar-refractivity contribution < 1.29 is 14.3 Å². The van der Waals surface area contributed by atoms with Gasteiger partial charge in [-0.15, -0.1) is 0 Å². The van der Waals surface area contributed by atoms with E-state index in [1.807, 2.05) is 57.6 Å². The third kappa shape index (κ3) is 4.18. The first-order chi connectivity index (χ1) is 13.6. The largest absolute Gasteiger partial charge is 0.458 e. The molecule has 3 aromatic heterocycles. The number of aryl methyl sites for hydroxylation is 1. The smallest absolute Gasteiger partial charge is 0.407 e. The number of aromatic nitrogens is 5. The van der Waals surface area contributed by atoms with Gasteiger partial charge in [0.15, 0.2) is 0 Å². The molecule has 3 heterocycles. The molecule has 0 bridgehead atoms. The SMILES string of the molecule is Cn1cc(-c2cc3nccn3c(OC3(C)CC(NC(=O)OC(C)(C)C)C3)n2)cn1. The molecule has 1 N–H and O–H groups in total. The number of nitrogens with zero attached hydrogens (tertiary/aromatic N) is 5. The minimum absolute atomic E-state index is 0.00892. The van der Waals surface area contributed by atoms with Crippen LogP contribution in [0, 0.1) is 0 Å². The van der Waals surface area contributed by atoms with Gasteiger partial charge in [0.1, 0.15) is 16.8 Å². The van der Waals surface area contributed by atoms with E-state index in [1.54, 1.807) is 17.1 Å². The third-order valence-electron chi connectivity index (χ3n) is 4.77. The van der Waals surface area contributed by atoms with Gasteiger partial charge in [0.05, 0.1) is 11.9 Å². The van der Waals surface area contributed by atoms with E-state index in [0.29, 0.717) is 18.9 Å². The topological polar surface area (TPSA) is 95.6 Å².